The van der Waals surface area contributed by atoms with E-state index in [-0.39, 0.29) is 51.8 Å². The second-order valence-electron chi connectivity index (χ2n) is 10.4. The molecular weight excluding hydrogens is 690 g/mol. The number of anilines is 1. The van der Waals surface area contributed by atoms with Gasteiger partial charge in [-0.3, -0.25) is 24.6 Å². The summed E-state index contributed by atoms with van der Waals surface area (Å²) in [5.41, 5.74) is 4.36. The minimum Gasteiger partial charge on any atom is -0.497 e. The van der Waals surface area contributed by atoms with Crippen molar-refractivity contribution >= 4 is 41.0 Å². The molecule has 1 aliphatic rings. The fourth-order valence-corrected chi connectivity index (χ4v) is 5.69. The lowest BCUT2D eigenvalue weighted by molar-refractivity contribution is -0.115. The van der Waals surface area contributed by atoms with Gasteiger partial charge in [0.15, 0.2) is 0 Å². The van der Waals surface area contributed by atoms with Crippen molar-refractivity contribution in [1.29, 1.82) is 0 Å². The molecule has 4 N–H and O–H groups in total. The Bertz CT molecular complexity index is 2090. The lowest BCUT2D eigenvalue weighted by atomic mass is 10.1. The maximum absolute atomic E-state index is 12.9. The van der Waals surface area contributed by atoms with Crippen molar-refractivity contribution in [2.75, 3.05) is 42.3 Å². The Hall–Kier alpha value is -5.75. The van der Waals surface area contributed by atoms with Crippen LogP contribution in [0.3, 0.4) is 0 Å². The van der Waals surface area contributed by atoms with Crippen LogP contribution in [0.5, 0.6) is 11.5 Å². The number of hydrogen-bond donors (Lipinski definition) is 3. The lowest BCUT2D eigenvalue weighted by Gasteiger charge is -2.16. The number of amides is 2. The van der Waals surface area contributed by atoms with E-state index in [0.29, 0.717) is 23.0 Å². The molecule has 0 spiro atoms. The van der Waals surface area contributed by atoms with E-state index in [1.54, 1.807) is 26.4 Å². The highest BCUT2D eigenvalue weighted by molar-refractivity contribution is 8.00. The molecule has 18 heteroatoms. The predicted molar refractivity (Wildman–Crippen MR) is 185 cm³/mol. The molecule has 0 radical (unpaired) electrons. The van der Waals surface area contributed by atoms with Gasteiger partial charge in [0.1, 0.15) is 28.7 Å². The summed E-state index contributed by atoms with van der Waals surface area (Å²) in [4.78, 5) is 48.1. The number of halogens is 1. The molecule has 3 heterocycles. The normalized spacial score (nSPS) is 11.8. The van der Waals surface area contributed by atoms with Gasteiger partial charge in [-0.1, -0.05) is 47.8 Å². The Balaban J connectivity index is 0.000000204. The number of methoxy groups -OCH3 is 2. The first-order valence-corrected chi connectivity index (χ1v) is 16.7. The van der Waals surface area contributed by atoms with E-state index in [1.165, 1.54) is 36.0 Å². The van der Waals surface area contributed by atoms with Crippen LogP contribution in [0.15, 0.2) is 92.7 Å². The number of nitrogen functional groups attached to an aromatic ring is 1. The number of nitrogens with one attached hydrogen (secondary N) is 2. The van der Waals surface area contributed by atoms with Crippen molar-refractivity contribution in [1.82, 2.24) is 29.7 Å². The molecule has 2 amide bonds. The maximum atomic E-state index is 12.9. The van der Waals surface area contributed by atoms with E-state index >= 15 is 0 Å². The van der Waals surface area contributed by atoms with Gasteiger partial charge in [0, 0.05) is 18.5 Å². The summed E-state index contributed by atoms with van der Waals surface area (Å²) in [6.07, 6.45) is 0.611. The van der Waals surface area contributed by atoms with Crippen molar-refractivity contribution in [3.8, 4) is 11.5 Å². The van der Waals surface area contributed by atoms with Crippen LogP contribution in [-0.2, 0) is 22.4 Å². The van der Waals surface area contributed by atoms with Crippen LogP contribution in [0.4, 0.5) is 10.1 Å². The number of hydrogen-bond acceptors (Lipinski definition) is 13. The van der Waals surface area contributed by atoms with E-state index in [2.05, 4.69) is 31.1 Å². The number of ether oxygens (including phenoxy) is 2. The minimum absolute atomic E-state index is 0.0411. The zero-order chi connectivity index (χ0) is 35.6. The van der Waals surface area contributed by atoms with Gasteiger partial charge < -0.3 is 20.6 Å². The van der Waals surface area contributed by atoms with Crippen LogP contribution in [0.25, 0.3) is 0 Å². The monoisotopic (exact) mass is 719 g/mol. The summed E-state index contributed by atoms with van der Waals surface area (Å²) in [5, 5.41) is 19.0. The second-order valence-corrected chi connectivity index (χ2v) is 12.3. The predicted octanol–water partition coefficient (Wildman–Crippen LogP) is 2.23. The van der Waals surface area contributed by atoms with Crippen LogP contribution >= 0.6 is 23.5 Å². The zero-order valence-electron chi connectivity index (χ0n) is 26.7. The molecule has 258 valence electrons. The van der Waals surface area contributed by atoms with E-state index in [1.807, 2.05) is 36.4 Å². The molecule has 5 aromatic rings. The molecule has 0 saturated carbocycles. The fraction of sp³-hybridized carbons (Fsp3) is 0.188. The molecule has 50 heavy (non-hydrogen) atoms. The third-order valence-corrected chi connectivity index (χ3v) is 8.79. The number of aromatic nitrogens is 6. The Kier molecular flexibility index (Phi) is 11.8. The Morgan fingerprint density at radius 3 is 2.00 bits per heavy atom. The van der Waals surface area contributed by atoms with Gasteiger partial charge >= 0.3 is 0 Å². The van der Waals surface area contributed by atoms with E-state index in [0.717, 1.165) is 38.0 Å². The van der Waals surface area contributed by atoms with Crippen molar-refractivity contribution in [2.45, 2.75) is 23.2 Å². The molecule has 2 aromatic heterocycles. The molecule has 0 aliphatic carbocycles. The first-order chi connectivity index (χ1) is 24.1. The molecule has 3 aromatic carbocycles. The number of nitrogens with two attached hydrogens (primary N) is 1. The first-order valence-electron chi connectivity index (χ1n) is 14.7. The molecule has 15 nitrogen and oxygen atoms in total. The van der Waals surface area contributed by atoms with Gasteiger partial charge in [0.05, 0.1) is 25.7 Å². The smallest absolute Gasteiger partial charge is 0.295 e. The number of fused-ring (bicyclic) bond motifs is 1. The number of thioether (sulfide) groups is 2. The van der Waals surface area contributed by atoms with Crippen LogP contribution in [0.2, 0.25) is 0 Å². The largest absolute Gasteiger partial charge is 0.497 e. The van der Waals surface area contributed by atoms with Gasteiger partial charge in [-0.05, 0) is 59.7 Å². The summed E-state index contributed by atoms with van der Waals surface area (Å²) >= 11 is 2.17. The molecular formula is C32H30FN9O6S2. The van der Waals surface area contributed by atoms with Crippen molar-refractivity contribution < 1.29 is 23.5 Å². The number of carbonyl (C=O) groups excluding carboxylic acids is 2. The third kappa shape index (κ3) is 9.23. The van der Waals surface area contributed by atoms with E-state index in [4.69, 9.17) is 15.3 Å². The van der Waals surface area contributed by atoms with Gasteiger partial charge in [-0.2, -0.15) is 9.35 Å². The zero-order valence-corrected chi connectivity index (χ0v) is 28.3. The number of rotatable bonds is 10. The summed E-state index contributed by atoms with van der Waals surface area (Å²) in [5.74, 6) is 6.52. The summed E-state index contributed by atoms with van der Waals surface area (Å²) in [6.45, 7) is 0. The fourth-order valence-electron chi connectivity index (χ4n) is 4.36. The SMILES string of the molecule is COc1ccc(Cc2nnc(SCC(=O)Nc3ccc(F)cc3)n(N)c2=O)cc1.COc1ccc(Cc2nnc3n(c2=O)NC(=O)CS3)cc1. The van der Waals surface area contributed by atoms with Gasteiger partial charge in [0.2, 0.25) is 22.1 Å². The first kappa shape index (κ1) is 35.6. The van der Waals surface area contributed by atoms with Crippen molar-refractivity contribution in [2.24, 2.45) is 0 Å². The quantitative estimate of drug-likeness (QED) is 0.140. The molecule has 0 bridgehead atoms. The van der Waals surface area contributed by atoms with Crippen LogP contribution in [0, 0.1) is 5.82 Å². The molecule has 0 unspecified atom stereocenters. The Morgan fingerprint density at radius 1 is 0.860 bits per heavy atom. The van der Waals surface area contributed by atoms with Crippen LogP contribution in [0.1, 0.15) is 22.5 Å². The summed E-state index contributed by atoms with van der Waals surface area (Å²) in [6, 6.07) is 19.9. The lowest BCUT2D eigenvalue weighted by Crippen LogP contribution is -2.41. The van der Waals surface area contributed by atoms with Crippen LogP contribution < -0.4 is 37.2 Å². The number of carbonyl (C=O) groups is 2. The van der Waals surface area contributed by atoms with Crippen molar-refractivity contribution in [3.05, 3.63) is 122 Å². The maximum Gasteiger partial charge on any atom is 0.295 e. The topological polar surface area (TPSA) is 198 Å². The highest BCUT2D eigenvalue weighted by atomic mass is 32.2. The van der Waals surface area contributed by atoms with Gasteiger partial charge in [-0.25, -0.2) is 4.39 Å². The second kappa shape index (κ2) is 16.6. The van der Waals surface area contributed by atoms with Crippen LogP contribution in [-0.4, -0.2) is 67.3 Å². The molecule has 1 aliphatic heterocycles. The summed E-state index contributed by atoms with van der Waals surface area (Å²) < 4.78 is 25.1. The standard InChI is InChI=1S/C19H18FN5O3S.C13H12N4O3S/c1-28-15-8-2-12(3-9-15)10-16-18(27)25(21)19(24-23-16)29-11-17(26)22-14-6-4-13(20)5-7-14;1-20-9-4-2-8(3-5-9)6-10-12(19)17-13(15-14-10)21-7-11(18)16-17/h2-9H,10-11,21H2,1H3,(H,22,26);2-5H,6-7H2,1H3,(H,16,18). The van der Waals surface area contributed by atoms with Gasteiger partial charge in [-0.15, -0.1) is 20.4 Å². The minimum atomic E-state index is -0.489. The average Bonchev–Trinajstić information content (AvgIpc) is 3.13. The Morgan fingerprint density at radius 2 is 1.42 bits per heavy atom. The van der Waals surface area contributed by atoms with Crippen molar-refractivity contribution in [3.63, 3.8) is 0 Å². The van der Waals surface area contributed by atoms with E-state index in [9.17, 15) is 23.6 Å². The average molecular weight is 720 g/mol. The van der Waals surface area contributed by atoms with Gasteiger partial charge in [0.25, 0.3) is 11.1 Å². The number of nitrogens with zero attached hydrogens (tertiary/aromatic N) is 6. The highest BCUT2D eigenvalue weighted by Gasteiger charge is 2.20. The number of benzene rings is 3. The third-order valence-electron chi connectivity index (χ3n) is 6.92. The van der Waals surface area contributed by atoms with E-state index < -0.39 is 11.4 Å². The molecule has 0 fully saturated rings. The molecule has 0 atom stereocenters. The molecule has 6 rings (SSSR count). The molecule has 0 saturated heterocycles. The highest BCUT2D eigenvalue weighted by Crippen LogP contribution is 2.18. The Labute approximate surface area is 292 Å². The summed E-state index contributed by atoms with van der Waals surface area (Å²) in [7, 11) is 3.17.